The Morgan fingerprint density at radius 3 is 2.80 bits per heavy atom. The zero-order valence-corrected chi connectivity index (χ0v) is 9.47. The second-order valence-corrected chi connectivity index (χ2v) is 3.90. The maximum Gasteiger partial charge on any atom is 0.318 e. The molecule has 0 radical (unpaired) electrons. The number of carbonyl (C=O) groups excluding carboxylic acids is 2. The standard InChI is InChI=1S/C10H13NO3S/c1-3-7(10(13)14-2)9(12)11-8-5-4-6-15-8/h4-7H,3H2,1-2H3,(H,11,12). The fourth-order valence-corrected chi connectivity index (χ4v) is 1.78. The summed E-state index contributed by atoms with van der Waals surface area (Å²) in [5.41, 5.74) is 0. The summed E-state index contributed by atoms with van der Waals surface area (Å²) in [7, 11) is 1.28. The largest absolute Gasteiger partial charge is 0.468 e. The average Bonchev–Trinajstić information content (AvgIpc) is 2.71. The van der Waals surface area contributed by atoms with Crippen molar-refractivity contribution in [2.45, 2.75) is 13.3 Å². The number of rotatable bonds is 4. The summed E-state index contributed by atoms with van der Waals surface area (Å²) >= 11 is 1.41. The SMILES string of the molecule is CCC(C(=O)Nc1cccs1)C(=O)OC. The van der Waals surface area contributed by atoms with Gasteiger partial charge in [0, 0.05) is 0 Å². The van der Waals surface area contributed by atoms with E-state index < -0.39 is 11.9 Å². The predicted octanol–water partition coefficient (Wildman–Crippen LogP) is 1.89. The molecule has 4 nitrogen and oxygen atoms in total. The lowest BCUT2D eigenvalue weighted by Gasteiger charge is -2.11. The Morgan fingerprint density at radius 2 is 2.33 bits per heavy atom. The Hall–Kier alpha value is -1.36. The molecule has 0 bridgehead atoms. The van der Waals surface area contributed by atoms with Crippen molar-refractivity contribution in [2.75, 3.05) is 12.4 Å². The summed E-state index contributed by atoms with van der Waals surface area (Å²) in [5, 5.41) is 5.26. The second-order valence-electron chi connectivity index (χ2n) is 2.95. The third-order valence-electron chi connectivity index (χ3n) is 1.98. The number of carbonyl (C=O) groups is 2. The van der Waals surface area contributed by atoms with Gasteiger partial charge in [0.15, 0.2) is 0 Å². The molecule has 5 heteroatoms. The van der Waals surface area contributed by atoms with E-state index in [0.29, 0.717) is 6.42 Å². The molecule has 1 heterocycles. The highest BCUT2D eigenvalue weighted by Gasteiger charge is 2.25. The Kier molecular flexibility index (Phi) is 4.30. The van der Waals surface area contributed by atoms with Gasteiger partial charge in [-0.05, 0) is 23.9 Å². The molecule has 1 aromatic rings. The van der Waals surface area contributed by atoms with Crippen LogP contribution in [-0.2, 0) is 14.3 Å². The van der Waals surface area contributed by atoms with Crippen LogP contribution >= 0.6 is 11.3 Å². The number of hydrogen-bond donors (Lipinski definition) is 1. The van der Waals surface area contributed by atoms with Crippen LogP contribution in [0.3, 0.4) is 0 Å². The highest BCUT2D eigenvalue weighted by molar-refractivity contribution is 7.14. The summed E-state index contributed by atoms with van der Waals surface area (Å²) in [6, 6.07) is 3.62. The van der Waals surface area contributed by atoms with Gasteiger partial charge in [0.2, 0.25) is 5.91 Å². The van der Waals surface area contributed by atoms with Crippen molar-refractivity contribution >= 4 is 28.2 Å². The first kappa shape index (κ1) is 11.7. The molecule has 1 N–H and O–H groups in total. The van der Waals surface area contributed by atoms with Crippen LogP contribution in [0.1, 0.15) is 13.3 Å². The maximum atomic E-state index is 11.6. The first-order chi connectivity index (χ1) is 7.19. The smallest absolute Gasteiger partial charge is 0.318 e. The van der Waals surface area contributed by atoms with Gasteiger partial charge in [-0.2, -0.15) is 0 Å². The summed E-state index contributed by atoms with van der Waals surface area (Å²) in [5.74, 6) is -1.53. The van der Waals surface area contributed by atoms with Crippen LogP contribution in [-0.4, -0.2) is 19.0 Å². The van der Waals surface area contributed by atoms with Crippen molar-refractivity contribution in [2.24, 2.45) is 5.92 Å². The molecule has 1 aromatic heterocycles. The molecule has 0 saturated carbocycles. The van der Waals surface area contributed by atoms with Crippen LogP contribution in [0.5, 0.6) is 0 Å². The van der Waals surface area contributed by atoms with Gasteiger partial charge in [0.1, 0.15) is 5.92 Å². The van der Waals surface area contributed by atoms with Crippen molar-refractivity contribution in [1.29, 1.82) is 0 Å². The number of anilines is 1. The molecule has 0 fully saturated rings. The van der Waals surface area contributed by atoms with Gasteiger partial charge in [-0.3, -0.25) is 9.59 Å². The first-order valence-electron chi connectivity index (χ1n) is 4.61. The average molecular weight is 227 g/mol. The molecule has 0 spiro atoms. The molecule has 1 unspecified atom stereocenters. The Bertz CT molecular complexity index is 334. The highest BCUT2D eigenvalue weighted by Crippen LogP contribution is 2.17. The number of thiophene rings is 1. The number of nitrogens with one attached hydrogen (secondary N) is 1. The van der Waals surface area contributed by atoms with E-state index in [-0.39, 0.29) is 5.91 Å². The molecular weight excluding hydrogens is 214 g/mol. The lowest BCUT2D eigenvalue weighted by Crippen LogP contribution is -2.29. The Balaban J connectivity index is 2.62. The van der Waals surface area contributed by atoms with E-state index in [1.54, 1.807) is 13.0 Å². The Morgan fingerprint density at radius 1 is 1.60 bits per heavy atom. The van der Waals surface area contributed by atoms with E-state index in [0.717, 1.165) is 5.00 Å². The fraction of sp³-hybridized carbons (Fsp3) is 0.400. The van der Waals surface area contributed by atoms with Gasteiger partial charge in [-0.15, -0.1) is 11.3 Å². The molecule has 1 amide bonds. The minimum atomic E-state index is -0.725. The minimum absolute atomic E-state index is 0.313. The van der Waals surface area contributed by atoms with Crippen molar-refractivity contribution in [3.8, 4) is 0 Å². The predicted molar refractivity (Wildman–Crippen MR) is 58.7 cm³/mol. The fourth-order valence-electron chi connectivity index (χ4n) is 1.16. The third kappa shape index (κ3) is 3.06. The number of amides is 1. The van der Waals surface area contributed by atoms with E-state index in [9.17, 15) is 9.59 Å². The summed E-state index contributed by atoms with van der Waals surface area (Å²) in [6.45, 7) is 1.77. The van der Waals surface area contributed by atoms with E-state index >= 15 is 0 Å². The monoisotopic (exact) mass is 227 g/mol. The zero-order chi connectivity index (χ0) is 11.3. The number of ether oxygens (including phenoxy) is 1. The number of esters is 1. The number of methoxy groups -OCH3 is 1. The molecular formula is C10H13NO3S. The molecule has 0 aromatic carbocycles. The lowest BCUT2D eigenvalue weighted by molar-refractivity contribution is -0.148. The van der Waals surface area contributed by atoms with E-state index in [2.05, 4.69) is 10.1 Å². The lowest BCUT2D eigenvalue weighted by atomic mass is 10.1. The molecule has 0 aliphatic heterocycles. The van der Waals surface area contributed by atoms with Gasteiger partial charge in [-0.25, -0.2) is 0 Å². The summed E-state index contributed by atoms with van der Waals surface area (Å²) in [6.07, 6.45) is 0.434. The maximum absolute atomic E-state index is 11.6. The second kappa shape index (κ2) is 5.50. The molecule has 0 aliphatic carbocycles. The van der Waals surface area contributed by atoms with Gasteiger partial charge < -0.3 is 10.1 Å². The molecule has 1 atom stereocenters. The van der Waals surface area contributed by atoms with Crippen LogP contribution in [0.4, 0.5) is 5.00 Å². The first-order valence-corrected chi connectivity index (χ1v) is 5.49. The molecule has 0 saturated heterocycles. The molecule has 15 heavy (non-hydrogen) atoms. The van der Waals surface area contributed by atoms with Gasteiger partial charge >= 0.3 is 5.97 Å². The van der Waals surface area contributed by atoms with Gasteiger partial charge in [0.25, 0.3) is 0 Å². The zero-order valence-electron chi connectivity index (χ0n) is 8.65. The van der Waals surface area contributed by atoms with Gasteiger partial charge in [0.05, 0.1) is 12.1 Å². The van der Waals surface area contributed by atoms with E-state index in [1.165, 1.54) is 18.4 Å². The molecule has 1 rings (SSSR count). The van der Waals surface area contributed by atoms with Crippen LogP contribution < -0.4 is 5.32 Å². The van der Waals surface area contributed by atoms with Crippen LogP contribution in [0.25, 0.3) is 0 Å². The van der Waals surface area contributed by atoms with Crippen LogP contribution in [0, 0.1) is 5.92 Å². The van der Waals surface area contributed by atoms with Gasteiger partial charge in [-0.1, -0.05) is 6.92 Å². The summed E-state index contributed by atoms with van der Waals surface area (Å²) in [4.78, 5) is 22.9. The molecule has 82 valence electrons. The number of hydrogen-bond acceptors (Lipinski definition) is 4. The van der Waals surface area contributed by atoms with Crippen LogP contribution in [0.15, 0.2) is 17.5 Å². The van der Waals surface area contributed by atoms with Crippen LogP contribution in [0.2, 0.25) is 0 Å². The topological polar surface area (TPSA) is 55.4 Å². The normalized spacial score (nSPS) is 11.9. The highest BCUT2D eigenvalue weighted by atomic mass is 32.1. The van der Waals surface area contributed by atoms with E-state index in [1.807, 2.05) is 11.4 Å². The quantitative estimate of drug-likeness (QED) is 0.631. The summed E-state index contributed by atoms with van der Waals surface area (Å²) < 4.78 is 4.55. The third-order valence-corrected chi connectivity index (χ3v) is 2.76. The minimum Gasteiger partial charge on any atom is -0.468 e. The van der Waals surface area contributed by atoms with Crippen molar-refractivity contribution in [3.05, 3.63) is 17.5 Å². The van der Waals surface area contributed by atoms with Crippen molar-refractivity contribution in [1.82, 2.24) is 0 Å². The van der Waals surface area contributed by atoms with E-state index in [4.69, 9.17) is 0 Å². The van der Waals surface area contributed by atoms with Crippen molar-refractivity contribution in [3.63, 3.8) is 0 Å². The molecule has 0 aliphatic rings. The Labute approximate surface area is 92.2 Å². The van der Waals surface area contributed by atoms with Crippen molar-refractivity contribution < 1.29 is 14.3 Å².